The Labute approximate surface area is 195 Å². The van der Waals surface area contributed by atoms with E-state index in [0.717, 1.165) is 37.0 Å². The van der Waals surface area contributed by atoms with Crippen molar-refractivity contribution in [3.05, 3.63) is 35.9 Å². The Balaban J connectivity index is 1.24. The molecule has 2 heterocycles. The second-order valence-corrected chi connectivity index (χ2v) is 9.43. The molecule has 4 rings (SSSR count). The van der Waals surface area contributed by atoms with E-state index < -0.39 is 5.54 Å². The van der Waals surface area contributed by atoms with Gasteiger partial charge in [0.1, 0.15) is 12.1 Å². The zero-order chi connectivity index (χ0) is 23.4. The van der Waals surface area contributed by atoms with Crippen molar-refractivity contribution in [1.29, 1.82) is 0 Å². The highest BCUT2D eigenvalue weighted by molar-refractivity contribution is 6.09. The number of rotatable bonds is 6. The largest absolute Gasteiger partial charge is 0.339 e. The average Bonchev–Trinajstić information content (AvgIpc) is 3.01. The molecule has 1 aromatic rings. The summed E-state index contributed by atoms with van der Waals surface area (Å²) in [5, 5.41) is 0. The van der Waals surface area contributed by atoms with Crippen molar-refractivity contribution < 1.29 is 19.2 Å². The van der Waals surface area contributed by atoms with Crippen LogP contribution in [-0.4, -0.2) is 88.7 Å². The molecule has 0 atom stereocenters. The van der Waals surface area contributed by atoms with Gasteiger partial charge in [-0.1, -0.05) is 49.6 Å². The van der Waals surface area contributed by atoms with Gasteiger partial charge in [0.05, 0.1) is 0 Å². The van der Waals surface area contributed by atoms with E-state index in [1.165, 1.54) is 5.56 Å². The highest BCUT2D eigenvalue weighted by Crippen LogP contribution is 2.39. The Morgan fingerprint density at radius 1 is 0.879 bits per heavy atom. The number of piperazine rings is 1. The number of urea groups is 1. The molecule has 3 aliphatic rings. The van der Waals surface area contributed by atoms with Gasteiger partial charge in [0, 0.05) is 39.6 Å². The number of benzene rings is 1. The Hall–Kier alpha value is -2.90. The number of hydrogen-bond acceptors (Lipinski definition) is 4. The smallest absolute Gasteiger partial charge is 0.327 e. The first-order valence-corrected chi connectivity index (χ1v) is 12.1. The molecule has 1 spiro atoms. The quantitative estimate of drug-likeness (QED) is 0.618. The van der Waals surface area contributed by atoms with Crippen molar-refractivity contribution in [2.24, 2.45) is 0 Å². The predicted molar refractivity (Wildman–Crippen MR) is 123 cm³/mol. The summed E-state index contributed by atoms with van der Waals surface area (Å²) in [4.78, 5) is 57.5. The molecule has 3 fully saturated rings. The zero-order valence-electron chi connectivity index (χ0n) is 19.5. The molecule has 8 heteroatoms. The number of imide groups is 1. The van der Waals surface area contributed by atoms with Crippen molar-refractivity contribution in [3.63, 3.8) is 0 Å². The molecule has 33 heavy (non-hydrogen) atoms. The normalized spacial score (nSPS) is 20.6. The second kappa shape index (κ2) is 9.93. The predicted octanol–water partition coefficient (Wildman–Crippen LogP) is 2.28. The van der Waals surface area contributed by atoms with E-state index in [1.54, 1.807) is 16.8 Å². The maximum atomic E-state index is 13.1. The summed E-state index contributed by atoms with van der Waals surface area (Å²) in [5.41, 5.74) is 0.466. The summed E-state index contributed by atoms with van der Waals surface area (Å²) in [7, 11) is 1.68. The van der Waals surface area contributed by atoms with Crippen LogP contribution in [0, 0.1) is 0 Å². The first kappa shape index (κ1) is 23.3. The Kier molecular flexibility index (Phi) is 7.00. The third kappa shape index (κ3) is 4.75. The average molecular weight is 455 g/mol. The topological polar surface area (TPSA) is 81.2 Å². The van der Waals surface area contributed by atoms with Crippen LogP contribution in [0.4, 0.5) is 4.79 Å². The lowest BCUT2D eigenvalue weighted by Gasteiger charge is -2.36. The van der Waals surface area contributed by atoms with E-state index in [9.17, 15) is 19.2 Å². The minimum atomic E-state index is -0.763. The number of carbonyl (C=O) groups is 4. The van der Waals surface area contributed by atoms with E-state index in [2.05, 4.69) is 12.1 Å². The number of nitrogens with zero attached hydrogens (tertiary/aromatic N) is 4. The van der Waals surface area contributed by atoms with Crippen LogP contribution in [0.3, 0.4) is 0 Å². The molecule has 1 saturated carbocycles. The van der Waals surface area contributed by atoms with Crippen LogP contribution in [0.5, 0.6) is 0 Å². The van der Waals surface area contributed by atoms with Crippen molar-refractivity contribution in [2.45, 2.75) is 56.9 Å². The van der Waals surface area contributed by atoms with Gasteiger partial charge in [0.2, 0.25) is 11.8 Å². The minimum absolute atomic E-state index is 0.115. The van der Waals surface area contributed by atoms with Gasteiger partial charge in [-0.2, -0.15) is 0 Å². The first-order valence-electron chi connectivity index (χ1n) is 12.1. The lowest BCUT2D eigenvalue weighted by atomic mass is 9.81. The van der Waals surface area contributed by atoms with Crippen molar-refractivity contribution >= 4 is 23.8 Å². The van der Waals surface area contributed by atoms with Gasteiger partial charge in [0.15, 0.2) is 0 Å². The molecule has 0 bridgehead atoms. The van der Waals surface area contributed by atoms with Crippen molar-refractivity contribution in [1.82, 2.24) is 19.6 Å². The summed E-state index contributed by atoms with van der Waals surface area (Å²) in [5.74, 6) is -0.340. The lowest BCUT2D eigenvalue weighted by Crippen LogP contribution is -2.53. The molecular weight excluding hydrogens is 420 g/mol. The minimum Gasteiger partial charge on any atom is -0.339 e. The fourth-order valence-electron chi connectivity index (χ4n) is 5.36. The van der Waals surface area contributed by atoms with Gasteiger partial charge in [-0.25, -0.2) is 4.79 Å². The monoisotopic (exact) mass is 454 g/mol. The summed E-state index contributed by atoms with van der Waals surface area (Å²) >= 11 is 0. The third-order valence-corrected chi connectivity index (χ3v) is 7.46. The highest BCUT2D eigenvalue weighted by Gasteiger charge is 2.56. The van der Waals surface area contributed by atoms with Gasteiger partial charge in [-0.3, -0.25) is 19.3 Å². The van der Waals surface area contributed by atoms with Gasteiger partial charge in [-0.15, -0.1) is 0 Å². The molecule has 2 saturated heterocycles. The van der Waals surface area contributed by atoms with E-state index in [1.807, 2.05) is 23.1 Å². The van der Waals surface area contributed by atoms with Gasteiger partial charge < -0.3 is 14.7 Å². The Bertz CT molecular complexity index is 889. The summed E-state index contributed by atoms with van der Waals surface area (Å²) in [6.45, 7) is 1.62. The molecule has 0 radical (unpaired) electrons. The lowest BCUT2D eigenvalue weighted by molar-refractivity contribution is -0.143. The van der Waals surface area contributed by atoms with E-state index >= 15 is 0 Å². The molecule has 8 nitrogen and oxygen atoms in total. The Morgan fingerprint density at radius 2 is 1.48 bits per heavy atom. The second-order valence-electron chi connectivity index (χ2n) is 9.43. The molecule has 5 amide bonds. The zero-order valence-corrected chi connectivity index (χ0v) is 19.5. The fraction of sp³-hybridized carbons (Fsp3) is 0.600. The van der Waals surface area contributed by atoms with Crippen LogP contribution >= 0.6 is 0 Å². The van der Waals surface area contributed by atoms with E-state index in [4.69, 9.17) is 0 Å². The van der Waals surface area contributed by atoms with Crippen LogP contribution in [0.2, 0.25) is 0 Å². The highest BCUT2D eigenvalue weighted by atomic mass is 16.2. The molecule has 2 aliphatic heterocycles. The summed E-state index contributed by atoms with van der Waals surface area (Å²) in [6.07, 6.45) is 6.43. The number of carbonyl (C=O) groups excluding carboxylic acids is 4. The standard InChI is InChI=1S/C25H34N4O4/c1-26-24(33)29(23(32)25(26)13-6-3-7-14-25)19-22(31)28-17-15-27(16-18-28)21(30)12-8-11-20-9-4-2-5-10-20/h2,4-5,9-10H,3,6-8,11-19H2,1H3. The van der Waals surface area contributed by atoms with Gasteiger partial charge >= 0.3 is 6.03 Å². The SMILES string of the molecule is CN1C(=O)N(CC(=O)N2CCN(C(=O)CCCc3ccccc3)CC2)C(=O)C12CCCCC2. The fourth-order valence-corrected chi connectivity index (χ4v) is 5.36. The molecule has 178 valence electrons. The van der Waals surface area contributed by atoms with E-state index in [-0.39, 0.29) is 30.3 Å². The molecular formula is C25H34N4O4. The van der Waals surface area contributed by atoms with Gasteiger partial charge in [0.25, 0.3) is 5.91 Å². The summed E-state index contributed by atoms with van der Waals surface area (Å²) < 4.78 is 0. The van der Waals surface area contributed by atoms with Crippen molar-refractivity contribution in [3.8, 4) is 0 Å². The molecule has 0 aromatic heterocycles. The van der Waals surface area contributed by atoms with Crippen LogP contribution in [-0.2, 0) is 20.8 Å². The molecule has 1 aromatic carbocycles. The van der Waals surface area contributed by atoms with Crippen LogP contribution < -0.4 is 0 Å². The number of amides is 5. The summed E-state index contributed by atoms with van der Waals surface area (Å²) in [6, 6.07) is 9.75. The maximum absolute atomic E-state index is 13.1. The third-order valence-electron chi connectivity index (χ3n) is 7.46. The van der Waals surface area contributed by atoms with Crippen LogP contribution in [0.25, 0.3) is 0 Å². The number of hydrogen-bond donors (Lipinski definition) is 0. The van der Waals surface area contributed by atoms with Crippen LogP contribution in [0.1, 0.15) is 50.5 Å². The van der Waals surface area contributed by atoms with Crippen molar-refractivity contribution in [2.75, 3.05) is 39.8 Å². The Morgan fingerprint density at radius 3 is 2.12 bits per heavy atom. The number of aryl methyl sites for hydroxylation is 1. The maximum Gasteiger partial charge on any atom is 0.327 e. The molecule has 0 N–H and O–H groups in total. The van der Waals surface area contributed by atoms with Gasteiger partial charge in [-0.05, 0) is 31.2 Å². The number of likely N-dealkylation sites (N-methyl/N-ethyl adjacent to an activating group) is 1. The first-order chi connectivity index (χ1) is 15.9. The molecule has 1 aliphatic carbocycles. The molecule has 0 unspecified atom stereocenters. The van der Waals surface area contributed by atoms with E-state index in [0.29, 0.717) is 45.4 Å². The van der Waals surface area contributed by atoms with Crippen LogP contribution in [0.15, 0.2) is 30.3 Å².